The summed E-state index contributed by atoms with van der Waals surface area (Å²) in [6, 6.07) is 1.94. The largest absolute Gasteiger partial charge is 0.481 e. The number of aromatic nitrogens is 2. The molecule has 104 valence electrons. The van der Waals surface area contributed by atoms with Gasteiger partial charge in [0.2, 0.25) is 0 Å². The Balaban J connectivity index is 1.99. The van der Waals surface area contributed by atoms with Gasteiger partial charge in [0.05, 0.1) is 5.92 Å². The first kappa shape index (κ1) is 13.6. The fourth-order valence-electron chi connectivity index (χ4n) is 2.23. The van der Waals surface area contributed by atoms with E-state index in [-0.39, 0.29) is 17.9 Å². The van der Waals surface area contributed by atoms with Gasteiger partial charge in [-0.2, -0.15) is 5.10 Å². The van der Waals surface area contributed by atoms with Crippen LogP contribution in [0.15, 0.2) is 12.3 Å². The van der Waals surface area contributed by atoms with Crippen LogP contribution in [0.25, 0.3) is 0 Å². The van der Waals surface area contributed by atoms with Crippen LogP contribution >= 0.6 is 0 Å². The van der Waals surface area contributed by atoms with Crippen molar-refractivity contribution >= 4 is 11.9 Å². The highest BCUT2D eigenvalue weighted by atomic mass is 16.4. The van der Waals surface area contributed by atoms with Gasteiger partial charge in [-0.15, -0.1) is 0 Å². The number of hydrogen-bond acceptors (Lipinski definition) is 3. The SMILES string of the molecule is CC(C)n1ccc(C(=O)N2CCC(C(=O)O)CC2)n1. The number of aliphatic carboxylic acids is 1. The van der Waals surface area contributed by atoms with Crippen molar-refractivity contribution < 1.29 is 14.7 Å². The molecule has 2 heterocycles. The van der Waals surface area contributed by atoms with E-state index in [1.807, 2.05) is 13.8 Å². The third-order valence-corrected chi connectivity index (χ3v) is 3.49. The molecule has 1 saturated heterocycles. The van der Waals surface area contributed by atoms with E-state index in [9.17, 15) is 9.59 Å². The first-order valence-corrected chi connectivity index (χ1v) is 6.56. The maximum atomic E-state index is 12.2. The number of nitrogens with zero attached hydrogens (tertiary/aromatic N) is 3. The van der Waals surface area contributed by atoms with Crippen LogP contribution in [-0.2, 0) is 4.79 Å². The van der Waals surface area contributed by atoms with Crippen LogP contribution < -0.4 is 0 Å². The minimum atomic E-state index is -0.767. The minimum Gasteiger partial charge on any atom is -0.481 e. The summed E-state index contributed by atoms with van der Waals surface area (Å²) in [5.74, 6) is -1.20. The fraction of sp³-hybridized carbons (Fsp3) is 0.615. The number of piperidine rings is 1. The zero-order valence-electron chi connectivity index (χ0n) is 11.2. The second kappa shape index (κ2) is 5.42. The summed E-state index contributed by atoms with van der Waals surface area (Å²) in [4.78, 5) is 24.8. The monoisotopic (exact) mass is 265 g/mol. The standard InChI is InChI=1S/C13H19N3O3/c1-9(2)16-8-5-11(14-16)12(17)15-6-3-10(4-7-15)13(18)19/h5,8-10H,3-4,6-7H2,1-2H3,(H,18,19). The highest BCUT2D eigenvalue weighted by Crippen LogP contribution is 2.19. The van der Waals surface area contributed by atoms with Gasteiger partial charge < -0.3 is 10.0 Å². The van der Waals surface area contributed by atoms with E-state index >= 15 is 0 Å². The molecule has 0 saturated carbocycles. The molecule has 0 aliphatic carbocycles. The lowest BCUT2D eigenvalue weighted by Crippen LogP contribution is -2.40. The molecule has 0 spiro atoms. The summed E-state index contributed by atoms with van der Waals surface area (Å²) in [5.41, 5.74) is 0.433. The fourth-order valence-corrected chi connectivity index (χ4v) is 2.23. The number of amides is 1. The van der Waals surface area contributed by atoms with Gasteiger partial charge in [0.25, 0.3) is 5.91 Å². The van der Waals surface area contributed by atoms with Crippen LogP contribution in [-0.4, -0.2) is 44.8 Å². The van der Waals surface area contributed by atoms with Gasteiger partial charge in [-0.1, -0.05) is 0 Å². The molecule has 6 nitrogen and oxygen atoms in total. The third-order valence-electron chi connectivity index (χ3n) is 3.49. The van der Waals surface area contributed by atoms with Crippen molar-refractivity contribution in [1.82, 2.24) is 14.7 Å². The Bertz CT molecular complexity index is 473. The lowest BCUT2D eigenvalue weighted by Gasteiger charge is -2.29. The van der Waals surface area contributed by atoms with Gasteiger partial charge in [0, 0.05) is 25.3 Å². The van der Waals surface area contributed by atoms with Gasteiger partial charge in [-0.3, -0.25) is 14.3 Å². The summed E-state index contributed by atoms with van der Waals surface area (Å²) in [6.07, 6.45) is 2.83. The Labute approximate surface area is 112 Å². The van der Waals surface area contributed by atoms with Crippen molar-refractivity contribution in [2.24, 2.45) is 5.92 Å². The van der Waals surface area contributed by atoms with Crippen LogP contribution in [0, 0.1) is 5.92 Å². The molecule has 1 aliphatic rings. The summed E-state index contributed by atoms with van der Waals surface area (Å²) in [5, 5.41) is 13.2. The molecule has 0 unspecified atom stereocenters. The molecule has 6 heteroatoms. The topological polar surface area (TPSA) is 75.4 Å². The molecule has 19 heavy (non-hydrogen) atoms. The first-order valence-electron chi connectivity index (χ1n) is 6.56. The van der Waals surface area contributed by atoms with Gasteiger partial charge >= 0.3 is 5.97 Å². The normalized spacial score (nSPS) is 16.9. The lowest BCUT2D eigenvalue weighted by molar-refractivity contribution is -0.143. The van der Waals surface area contributed by atoms with Crippen molar-refractivity contribution in [3.05, 3.63) is 18.0 Å². The van der Waals surface area contributed by atoms with Crippen molar-refractivity contribution in [2.75, 3.05) is 13.1 Å². The number of carboxylic acid groups (broad SMARTS) is 1. The number of carbonyl (C=O) groups is 2. The summed E-state index contributed by atoms with van der Waals surface area (Å²) < 4.78 is 1.75. The van der Waals surface area contributed by atoms with Crippen molar-refractivity contribution in [2.45, 2.75) is 32.7 Å². The molecule has 0 radical (unpaired) electrons. The number of carboxylic acids is 1. The molecule has 0 bridgehead atoms. The molecule has 1 amide bonds. The van der Waals surface area contributed by atoms with Gasteiger partial charge in [-0.25, -0.2) is 0 Å². The third kappa shape index (κ3) is 2.94. The Hall–Kier alpha value is -1.85. The zero-order valence-corrected chi connectivity index (χ0v) is 11.2. The smallest absolute Gasteiger partial charge is 0.306 e. The summed E-state index contributed by atoms with van der Waals surface area (Å²) in [7, 11) is 0. The number of hydrogen-bond donors (Lipinski definition) is 1. The molecule has 1 fully saturated rings. The molecule has 1 aromatic heterocycles. The minimum absolute atomic E-state index is 0.108. The predicted molar refractivity (Wildman–Crippen MR) is 68.9 cm³/mol. The van der Waals surface area contributed by atoms with Crippen LogP contribution in [0.3, 0.4) is 0 Å². The lowest BCUT2D eigenvalue weighted by atomic mass is 9.97. The molecule has 1 aliphatic heterocycles. The number of rotatable bonds is 3. The highest BCUT2D eigenvalue weighted by molar-refractivity contribution is 5.92. The summed E-state index contributed by atoms with van der Waals surface area (Å²) >= 11 is 0. The second-order valence-electron chi connectivity index (χ2n) is 5.18. The van der Waals surface area contributed by atoms with Crippen molar-refractivity contribution in [3.63, 3.8) is 0 Å². The van der Waals surface area contributed by atoms with E-state index in [1.165, 1.54) is 0 Å². The maximum absolute atomic E-state index is 12.2. The Morgan fingerprint density at radius 2 is 2.00 bits per heavy atom. The van der Waals surface area contributed by atoms with Crippen LogP contribution in [0.4, 0.5) is 0 Å². The van der Waals surface area contributed by atoms with E-state index in [2.05, 4.69) is 5.10 Å². The molecule has 0 aromatic carbocycles. The highest BCUT2D eigenvalue weighted by Gasteiger charge is 2.28. The quantitative estimate of drug-likeness (QED) is 0.896. The van der Waals surface area contributed by atoms with Gasteiger partial charge in [0.15, 0.2) is 0 Å². The Morgan fingerprint density at radius 3 is 2.47 bits per heavy atom. The molecule has 1 N–H and O–H groups in total. The average molecular weight is 265 g/mol. The molecular weight excluding hydrogens is 246 g/mol. The molecular formula is C13H19N3O3. The summed E-state index contributed by atoms with van der Waals surface area (Å²) in [6.45, 7) is 4.98. The first-order chi connectivity index (χ1) is 8.99. The molecule has 1 aromatic rings. The number of likely N-dealkylation sites (tertiary alicyclic amines) is 1. The average Bonchev–Trinajstić information content (AvgIpc) is 2.87. The second-order valence-corrected chi connectivity index (χ2v) is 5.18. The van der Waals surface area contributed by atoms with Gasteiger partial charge in [0.1, 0.15) is 5.69 Å². The van der Waals surface area contributed by atoms with Crippen LogP contribution in [0.1, 0.15) is 43.2 Å². The van der Waals surface area contributed by atoms with Crippen molar-refractivity contribution in [3.8, 4) is 0 Å². The van der Waals surface area contributed by atoms with E-state index < -0.39 is 5.97 Å². The van der Waals surface area contributed by atoms with E-state index in [4.69, 9.17) is 5.11 Å². The zero-order chi connectivity index (χ0) is 14.0. The van der Waals surface area contributed by atoms with E-state index in [0.717, 1.165) is 0 Å². The predicted octanol–water partition coefficient (Wildman–Crippen LogP) is 1.40. The van der Waals surface area contributed by atoms with Crippen LogP contribution in [0.5, 0.6) is 0 Å². The molecule has 0 atom stereocenters. The molecule has 2 rings (SSSR count). The van der Waals surface area contributed by atoms with Crippen LogP contribution in [0.2, 0.25) is 0 Å². The van der Waals surface area contributed by atoms with Gasteiger partial charge in [-0.05, 0) is 32.8 Å². The van der Waals surface area contributed by atoms with E-state index in [1.54, 1.807) is 21.8 Å². The Kier molecular flexibility index (Phi) is 3.87. The Morgan fingerprint density at radius 1 is 1.37 bits per heavy atom. The maximum Gasteiger partial charge on any atom is 0.306 e. The van der Waals surface area contributed by atoms with Crippen molar-refractivity contribution in [1.29, 1.82) is 0 Å². The number of carbonyl (C=O) groups excluding carboxylic acids is 1. The van der Waals surface area contributed by atoms with E-state index in [0.29, 0.717) is 31.6 Å².